The molecule has 9 nitrogen and oxygen atoms in total. The summed E-state index contributed by atoms with van der Waals surface area (Å²) in [4.78, 5) is 23.8. The Morgan fingerprint density at radius 2 is 2.03 bits per heavy atom. The van der Waals surface area contributed by atoms with E-state index in [2.05, 4.69) is 20.2 Å². The molecule has 0 N–H and O–H groups in total. The molecule has 4 aromatic rings. The number of amides is 1. The fraction of sp³-hybridized carbons (Fsp3) is 0.318. The first-order valence-electron chi connectivity index (χ1n) is 10.4. The molecular formula is C22H24FN7O2S. The fourth-order valence-corrected chi connectivity index (χ4v) is 4.20. The van der Waals surface area contributed by atoms with Crippen LogP contribution in [0.15, 0.2) is 46.3 Å². The summed E-state index contributed by atoms with van der Waals surface area (Å²) in [5, 5.41) is 8.81. The van der Waals surface area contributed by atoms with Gasteiger partial charge in [0.25, 0.3) is 5.91 Å². The van der Waals surface area contributed by atoms with Crippen LogP contribution in [0.25, 0.3) is 5.69 Å². The predicted octanol–water partition coefficient (Wildman–Crippen LogP) is 3.56. The number of thioether (sulfide) groups is 1. The molecule has 0 bridgehead atoms. The van der Waals surface area contributed by atoms with Crippen molar-refractivity contribution in [1.82, 2.24) is 34.4 Å². The van der Waals surface area contributed by atoms with Gasteiger partial charge >= 0.3 is 0 Å². The van der Waals surface area contributed by atoms with Crippen LogP contribution in [0, 0.1) is 12.7 Å². The van der Waals surface area contributed by atoms with Crippen LogP contribution in [0.5, 0.6) is 0 Å². The summed E-state index contributed by atoms with van der Waals surface area (Å²) in [5.41, 5.74) is 2.82. The molecule has 0 aliphatic carbocycles. The van der Waals surface area contributed by atoms with E-state index in [9.17, 15) is 9.18 Å². The Morgan fingerprint density at radius 3 is 2.67 bits per heavy atom. The van der Waals surface area contributed by atoms with E-state index >= 15 is 0 Å². The van der Waals surface area contributed by atoms with Crippen LogP contribution in [0.2, 0.25) is 0 Å². The Labute approximate surface area is 194 Å². The number of carbonyl (C=O) groups excluding carboxylic acids is 1. The van der Waals surface area contributed by atoms with Crippen molar-refractivity contribution in [2.75, 3.05) is 7.05 Å². The summed E-state index contributed by atoms with van der Waals surface area (Å²) in [5.74, 6) is 0.929. The molecule has 3 aromatic heterocycles. The largest absolute Gasteiger partial charge is 0.338 e. The maximum Gasteiger partial charge on any atom is 0.272 e. The van der Waals surface area contributed by atoms with Gasteiger partial charge in [0.2, 0.25) is 5.89 Å². The number of rotatable bonds is 8. The minimum absolute atomic E-state index is 0.215. The molecule has 0 saturated heterocycles. The predicted molar refractivity (Wildman–Crippen MR) is 121 cm³/mol. The summed E-state index contributed by atoms with van der Waals surface area (Å²) in [6.07, 6.45) is 4.11. The second-order valence-electron chi connectivity index (χ2n) is 7.56. The van der Waals surface area contributed by atoms with Crippen molar-refractivity contribution in [2.45, 2.75) is 37.7 Å². The molecule has 0 unspecified atom stereocenters. The normalized spacial score (nSPS) is 11.2. The van der Waals surface area contributed by atoms with Gasteiger partial charge < -0.3 is 9.42 Å². The Morgan fingerprint density at radius 1 is 1.27 bits per heavy atom. The molecule has 33 heavy (non-hydrogen) atoms. The van der Waals surface area contributed by atoms with Crippen LogP contribution in [0.4, 0.5) is 4.39 Å². The SMILES string of the molecule is CCc1noc(CSc2ncc(C(=O)N(C)Cc3cn(C)nc3C)n2-c2ccc(F)cc2)n1. The smallest absolute Gasteiger partial charge is 0.272 e. The van der Waals surface area contributed by atoms with E-state index in [-0.39, 0.29) is 11.7 Å². The number of hydrogen-bond acceptors (Lipinski definition) is 7. The first kappa shape index (κ1) is 22.7. The van der Waals surface area contributed by atoms with Gasteiger partial charge in [-0.25, -0.2) is 9.37 Å². The highest BCUT2D eigenvalue weighted by molar-refractivity contribution is 7.98. The van der Waals surface area contributed by atoms with Gasteiger partial charge in [0.05, 0.1) is 17.6 Å². The highest BCUT2D eigenvalue weighted by Gasteiger charge is 2.23. The van der Waals surface area contributed by atoms with Crippen molar-refractivity contribution in [2.24, 2.45) is 7.05 Å². The third kappa shape index (κ3) is 4.98. The zero-order valence-corrected chi connectivity index (χ0v) is 19.6. The topological polar surface area (TPSA) is 94.9 Å². The Hall–Kier alpha value is -3.47. The quantitative estimate of drug-likeness (QED) is 0.364. The van der Waals surface area contributed by atoms with Crippen LogP contribution in [0.1, 0.15) is 40.4 Å². The summed E-state index contributed by atoms with van der Waals surface area (Å²) in [6, 6.07) is 5.94. The number of halogens is 1. The number of nitrogens with zero attached hydrogens (tertiary/aromatic N) is 7. The standard InChI is InChI=1S/C22H24FN7O2S/c1-5-19-25-20(32-27-19)13-33-22-24-10-18(30(22)17-8-6-16(23)7-9-17)21(31)28(3)11-15-12-29(4)26-14(15)2/h6-10,12H,5,11,13H2,1-4H3. The average molecular weight is 470 g/mol. The van der Waals surface area contributed by atoms with Crippen LogP contribution in [0.3, 0.4) is 0 Å². The Kier molecular flexibility index (Phi) is 6.59. The molecule has 1 aromatic carbocycles. The molecule has 4 rings (SSSR count). The molecule has 0 aliphatic heterocycles. The van der Waals surface area contributed by atoms with Crippen molar-refractivity contribution < 1.29 is 13.7 Å². The van der Waals surface area contributed by atoms with Crippen molar-refractivity contribution in [3.8, 4) is 5.69 Å². The molecule has 0 radical (unpaired) electrons. The van der Waals surface area contributed by atoms with Crippen LogP contribution in [-0.4, -0.2) is 47.3 Å². The first-order chi connectivity index (χ1) is 15.9. The lowest BCUT2D eigenvalue weighted by molar-refractivity contribution is 0.0776. The Bertz CT molecular complexity index is 1260. The molecule has 0 spiro atoms. The van der Waals surface area contributed by atoms with Gasteiger partial charge in [0.15, 0.2) is 11.0 Å². The second kappa shape index (κ2) is 9.57. The number of aryl methyl sites for hydroxylation is 3. The molecular weight excluding hydrogens is 445 g/mol. The van der Waals surface area contributed by atoms with Crippen molar-refractivity contribution >= 4 is 17.7 Å². The fourth-order valence-electron chi connectivity index (χ4n) is 3.37. The lowest BCUT2D eigenvalue weighted by Crippen LogP contribution is -2.28. The van der Waals surface area contributed by atoms with Crippen molar-refractivity contribution in [3.63, 3.8) is 0 Å². The van der Waals surface area contributed by atoms with Gasteiger partial charge in [-0.2, -0.15) is 10.1 Å². The maximum absolute atomic E-state index is 13.6. The van der Waals surface area contributed by atoms with E-state index in [0.29, 0.717) is 47.0 Å². The summed E-state index contributed by atoms with van der Waals surface area (Å²) >= 11 is 1.36. The van der Waals surface area contributed by atoms with Gasteiger partial charge in [-0.1, -0.05) is 23.8 Å². The van der Waals surface area contributed by atoms with Gasteiger partial charge in [0.1, 0.15) is 11.5 Å². The van der Waals surface area contributed by atoms with Crippen LogP contribution in [-0.2, 0) is 25.8 Å². The second-order valence-corrected chi connectivity index (χ2v) is 8.50. The zero-order valence-electron chi connectivity index (χ0n) is 18.8. The third-order valence-electron chi connectivity index (χ3n) is 5.05. The molecule has 0 aliphatic rings. The number of carbonyl (C=O) groups is 1. The highest BCUT2D eigenvalue weighted by atomic mass is 32.2. The molecule has 0 saturated carbocycles. The van der Waals surface area contributed by atoms with E-state index in [1.54, 1.807) is 33.3 Å². The molecule has 172 valence electrons. The summed E-state index contributed by atoms with van der Waals surface area (Å²) in [6.45, 7) is 4.26. The monoisotopic (exact) mass is 469 g/mol. The van der Waals surface area contributed by atoms with Crippen molar-refractivity contribution in [3.05, 3.63) is 71.1 Å². The third-order valence-corrected chi connectivity index (χ3v) is 5.99. The molecule has 0 atom stereocenters. The maximum atomic E-state index is 13.6. The van der Waals surface area contributed by atoms with E-state index in [1.807, 2.05) is 27.1 Å². The lowest BCUT2D eigenvalue weighted by atomic mass is 10.2. The van der Waals surface area contributed by atoms with Gasteiger partial charge in [0, 0.05) is 44.5 Å². The Balaban J connectivity index is 1.63. The molecule has 1 amide bonds. The number of aromatic nitrogens is 6. The van der Waals surface area contributed by atoms with E-state index < -0.39 is 0 Å². The van der Waals surface area contributed by atoms with Gasteiger partial charge in [-0.3, -0.25) is 14.0 Å². The zero-order chi connectivity index (χ0) is 23.5. The number of imidazole rings is 1. The van der Waals surface area contributed by atoms with E-state index in [1.165, 1.54) is 30.1 Å². The average Bonchev–Trinajstić information content (AvgIpc) is 3.51. The minimum Gasteiger partial charge on any atom is -0.338 e. The first-order valence-corrected chi connectivity index (χ1v) is 11.4. The van der Waals surface area contributed by atoms with Gasteiger partial charge in [-0.05, 0) is 31.2 Å². The summed E-state index contributed by atoms with van der Waals surface area (Å²) in [7, 11) is 3.58. The van der Waals surface area contributed by atoms with Gasteiger partial charge in [-0.15, -0.1) is 0 Å². The molecule has 3 heterocycles. The van der Waals surface area contributed by atoms with E-state index in [0.717, 1.165) is 11.3 Å². The van der Waals surface area contributed by atoms with E-state index in [4.69, 9.17) is 4.52 Å². The molecule has 11 heteroatoms. The van der Waals surface area contributed by atoms with Crippen LogP contribution >= 0.6 is 11.8 Å². The number of hydrogen-bond donors (Lipinski definition) is 0. The minimum atomic E-state index is -0.358. The number of benzene rings is 1. The van der Waals surface area contributed by atoms with Crippen molar-refractivity contribution in [1.29, 1.82) is 0 Å². The summed E-state index contributed by atoms with van der Waals surface area (Å²) < 4.78 is 22.3. The lowest BCUT2D eigenvalue weighted by Gasteiger charge is -2.18. The highest BCUT2D eigenvalue weighted by Crippen LogP contribution is 2.27. The van der Waals surface area contributed by atoms with Crippen LogP contribution < -0.4 is 0 Å². The molecule has 0 fully saturated rings.